The van der Waals surface area contributed by atoms with Crippen LogP contribution in [0.5, 0.6) is 5.75 Å². The summed E-state index contributed by atoms with van der Waals surface area (Å²) in [7, 11) is 0. The van der Waals surface area contributed by atoms with Crippen LogP contribution in [0.2, 0.25) is 0 Å². The van der Waals surface area contributed by atoms with E-state index in [0.29, 0.717) is 17.4 Å². The SMILES string of the molecule is CC(c1ccc(O)cc1F)N1CC2CNCC2C1(C)C. The van der Waals surface area contributed by atoms with Crippen molar-refractivity contribution in [3.63, 3.8) is 0 Å². The second kappa shape index (κ2) is 4.71. The standard InChI is InChI=1S/C16H23FN2O/c1-10(13-5-4-12(20)6-15(13)17)19-9-11-7-18-8-14(11)16(19,2)3/h4-6,10-11,14,18,20H,7-9H2,1-3H3. The molecule has 3 unspecified atom stereocenters. The van der Waals surface area contributed by atoms with Crippen molar-refractivity contribution < 1.29 is 9.50 Å². The van der Waals surface area contributed by atoms with Crippen LogP contribution in [-0.2, 0) is 0 Å². The van der Waals surface area contributed by atoms with Gasteiger partial charge in [0, 0.05) is 36.3 Å². The summed E-state index contributed by atoms with van der Waals surface area (Å²) in [6.45, 7) is 9.71. The summed E-state index contributed by atoms with van der Waals surface area (Å²) in [4.78, 5) is 2.42. The van der Waals surface area contributed by atoms with Crippen LogP contribution < -0.4 is 5.32 Å². The molecule has 0 aliphatic carbocycles. The number of benzene rings is 1. The zero-order valence-corrected chi connectivity index (χ0v) is 12.4. The lowest BCUT2D eigenvalue weighted by atomic mass is 9.84. The van der Waals surface area contributed by atoms with Gasteiger partial charge in [0.05, 0.1) is 0 Å². The van der Waals surface area contributed by atoms with Gasteiger partial charge in [-0.2, -0.15) is 0 Å². The fourth-order valence-electron chi connectivity index (χ4n) is 4.13. The van der Waals surface area contributed by atoms with E-state index < -0.39 is 0 Å². The van der Waals surface area contributed by atoms with E-state index in [0.717, 1.165) is 19.6 Å². The Morgan fingerprint density at radius 2 is 2.15 bits per heavy atom. The van der Waals surface area contributed by atoms with Crippen molar-refractivity contribution in [2.24, 2.45) is 11.8 Å². The van der Waals surface area contributed by atoms with Crippen LogP contribution in [0.1, 0.15) is 32.4 Å². The van der Waals surface area contributed by atoms with E-state index in [1.165, 1.54) is 6.07 Å². The van der Waals surface area contributed by atoms with Crippen LogP contribution >= 0.6 is 0 Å². The molecule has 1 aromatic rings. The van der Waals surface area contributed by atoms with E-state index in [2.05, 4.69) is 31.0 Å². The van der Waals surface area contributed by atoms with Crippen LogP contribution in [0.15, 0.2) is 18.2 Å². The third kappa shape index (κ3) is 2.02. The highest BCUT2D eigenvalue weighted by atomic mass is 19.1. The number of hydrogen-bond donors (Lipinski definition) is 2. The van der Waals surface area contributed by atoms with Crippen molar-refractivity contribution in [2.45, 2.75) is 32.4 Å². The van der Waals surface area contributed by atoms with E-state index in [9.17, 15) is 9.50 Å². The molecule has 2 aliphatic heterocycles. The third-order valence-corrected chi connectivity index (χ3v) is 5.32. The molecule has 2 saturated heterocycles. The molecule has 2 N–H and O–H groups in total. The first-order valence-corrected chi connectivity index (χ1v) is 7.37. The predicted molar refractivity (Wildman–Crippen MR) is 77.1 cm³/mol. The van der Waals surface area contributed by atoms with Gasteiger partial charge in [-0.1, -0.05) is 6.07 Å². The summed E-state index contributed by atoms with van der Waals surface area (Å²) in [6, 6.07) is 4.51. The first-order valence-electron chi connectivity index (χ1n) is 7.37. The molecule has 0 bridgehead atoms. The van der Waals surface area contributed by atoms with Crippen molar-refractivity contribution in [3.05, 3.63) is 29.6 Å². The average Bonchev–Trinajstić information content (AvgIpc) is 2.91. The van der Waals surface area contributed by atoms with Crippen molar-refractivity contribution in [3.8, 4) is 5.75 Å². The van der Waals surface area contributed by atoms with Gasteiger partial charge in [0.15, 0.2) is 0 Å². The van der Waals surface area contributed by atoms with Gasteiger partial charge in [-0.3, -0.25) is 4.90 Å². The quantitative estimate of drug-likeness (QED) is 0.872. The highest BCUT2D eigenvalue weighted by Gasteiger charge is 2.51. The highest BCUT2D eigenvalue weighted by molar-refractivity contribution is 5.30. The third-order valence-electron chi connectivity index (χ3n) is 5.32. The molecule has 0 amide bonds. The van der Waals surface area contributed by atoms with Gasteiger partial charge in [-0.25, -0.2) is 4.39 Å². The van der Waals surface area contributed by atoms with Crippen LogP contribution in [0.3, 0.4) is 0 Å². The molecule has 3 atom stereocenters. The van der Waals surface area contributed by atoms with E-state index in [1.807, 2.05) is 0 Å². The summed E-state index contributed by atoms with van der Waals surface area (Å²) >= 11 is 0. The highest BCUT2D eigenvalue weighted by Crippen LogP contribution is 2.45. The van der Waals surface area contributed by atoms with Crippen molar-refractivity contribution in [1.82, 2.24) is 10.2 Å². The largest absolute Gasteiger partial charge is 0.508 e. The first-order chi connectivity index (χ1) is 9.41. The molecule has 0 aromatic heterocycles. The molecule has 2 aliphatic rings. The molecule has 4 heteroatoms. The molecule has 0 saturated carbocycles. The molecule has 1 aromatic carbocycles. The van der Waals surface area contributed by atoms with Gasteiger partial charge in [0.1, 0.15) is 11.6 Å². The lowest BCUT2D eigenvalue weighted by Gasteiger charge is -2.40. The van der Waals surface area contributed by atoms with Crippen molar-refractivity contribution in [2.75, 3.05) is 19.6 Å². The molecular weight excluding hydrogens is 255 g/mol. The van der Waals surface area contributed by atoms with E-state index >= 15 is 0 Å². The molecule has 2 heterocycles. The summed E-state index contributed by atoms with van der Waals surface area (Å²) in [5.41, 5.74) is 0.738. The van der Waals surface area contributed by atoms with Gasteiger partial charge < -0.3 is 10.4 Å². The Morgan fingerprint density at radius 1 is 1.40 bits per heavy atom. The Bertz CT molecular complexity index is 517. The molecule has 110 valence electrons. The summed E-state index contributed by atoms with van der Waals surface area (Å²) in [5, 5.41) is 12.8. The Hall–Kier alpha value is -1.13. The summed E-state index contributed by atoms with van der Waals surface area (Å²) < 4.78 is 14.1. The van der Waals surface area contributed by atoms with Crippen LogP contribution in [0.25, 0.3) is 0 Å². The number of hydrogen-bond acceptors (Lipinski definition) is 3. The van der Waals surface area contributed by atoms with E-state index in [4.69, 9.17) is 0 Å². The van der Waals surface area contributed by atoms with Crippen molar-refractivity contribution >= 4 is 0 Å². The van der Waals surface area contributed by atoms with Gasteiger partial charge in [-0.15, -0.1) is 0 Å². The van der Waals surface area contributed by atoms with Gasteiger partial charge >= 0.3 is 0 Å². The second-order valence-corrected chi connectivity index (χ2v) is 6.71. The number of halogens is 1. The topological polar surface area (TPSA) is 35.5 Å². The van der Waals surface area contributed by atoms with Gasteiger partial charge in [0.2, 0.25) is 0 Å². The second-order valence-electron chi connectivity index (χ2n) is 6.71. The zero-order valence-electron chi connectivity index (χ0n) is 12.4. The van der Waals surface area contributed by atoms with Crippen LogP contribution in [0, 0.1) is 17.7 Å². The fourth-order valence-corrected chi connectivity index (χ4v) is 4.13. The number of aromatic hydroxyl groups is 1. The van der Waals surface area contributed by atoms with Crippen LogP contribution in [0.4, 0.5) is 4.39 Å². The Morgan fingerprint density at radius 3 is 2.80 bits per heavy atom. The summed E-state index contributed by atoms with van der Waals surface area (Å²) in [6.07, 6.45) is 0. The monoisotopic (exact) mass is 278 g/mol. The number of nitrogens with one attached hydrogen (secondary N) is 1. The van der Waals surface area contributed by atoms with Crippen molar-refractivity contribution in [1.29, 1.82) is 0 Å². The number of phenolic OH excluding ortho intramolecular Hbond substituents is 1. The van der Waals surface area contributed by atoms with E-state index in [-0.39, 0.29) is 23.1 Å². The average molecular weight is 278 g/mol. The molecule has 3 nitrogen and oxygen atoms in total. The molecule has 20 heavy (non-hydrogen) atoms. The molecule has 0 radical (unpaired) electrons. The number of phenols is 1. The molecular formula is C16H23FN2O. The first kappa shape index (κ1) is 13.8. The minimum absolute atomic E-state index is 0.0137. The van der Waals surface area contributed by atoms with Crippen LogP contribution in [-0.4, -0.2) is 35.2 Å². The minimum atomic E-state index is -0.316. The number of fused-ring (bicyclic) bond motifs is 1. The Labute approximate surface area is 119 Å². The Balaban J connectivity index is 1.89. The number of likely N-dealkylation sites (tertiary alicyclic amines) is 1. The number of nitrogens with zero attached hydrogens (tertiary/aromatic N) is 1. The smallest absolute Gasteiger partial charge is 0.131 e. The lowest BCUT2D eigenvalue weighted by molar-refractivity contribution is 0.0952. The number of rotatable bonds is 2. The fraction of sp³-hybridized carbons (Fsp3) is 0.625. The maximum Gasteiger partial charge on any atom is 0.131 e. The maximum atomic E-state index is 14.1. The van der Waals surface area contributed by atoms with E-state index in [1.54, 1.807) is 12.1 Å². The molecule has 0 spiro atoms. The van der Waals surface area contributed by atoms with Gasteiger partial charge in [-0.05, 0) is 45.2 Å². The predicted octanol–water partition coefficient (Wildman–Crippen LogP) is 2.52. The minimum Gasteiger partial charge on any atom is -0.508 e. The normalized spacial score (nSPS) is 30.4. The molecule has 2 fully saturated rings. The lowest BCUT2D eigenvalue weighted by Crippen LogP contribution is -2.45. The molecule has 3 rings (SSSR count). The Kier molecular flexibility index (Phi) is 3.26. The van der Waals surface area contributed by atoms with Gasteiger partial charge in [0.25, 0.3) is 0 Å². The zero-order chi connectivity index (χ0) is 14.5. The summed E-state index contributed by atoms with van der Waals surface area (Å²) in [5.74, 6) is 0.960. The maximum absolute atomic E-state index is 14.1.